The highest BCUT2D eigenvalue weighted by molar-refractivity contribution is 5.79. The molecule has 1 saturated heterocycles. The molecule has 1 aromatic rings. The van der Waals surface area contributed by atoms with Crippen LogP contribution < -0.4 is 5.73 Å². The number of hydrogen-bond acceptors (Lipinski definition) is 3. The second kappa shape index (κ2) is 7.05. The molecule has 21 heavy (non-hydrogen) atoms. The Bertz CT molecular complexity index is 473. The fourth-order valence-electron chi connectivity index (χ4n) is 3.03. The number of amides is 1. The van der Waals surface area contributed by atoms with E-state index in [-0.39, 0.29) is 11.8 Å². The minimum atomic E-state index is -0.102. The van der Waals surface area contributed by atoms with Gasteiger partial charge in [-0.1, -0.05) is 29.3 Å². The Morgan fingerprint density at radius 1 is 1.14 bits per heavy atom. The number of piperazine rings is 1. The fourth-order valence-corrected chi connectivity index (χ4v) is 3.03. The lowest BCUT2D eigenvalue weighted by Gasteiger charge is -2.34. The summed E-state index contributed by atoms with van der Waals surface area (Å²) in [5, 5.41) is 0. The molecule has 1 atom stereocenters. The van der Waals surface area contributed by atoms with Crippen LogP contribution in [0.2, 0.25) is 0 Å². The van der Waals surface area contributed by atoms with Crippen molar-refractivity contribution >= 4 is 5.91 Å². The first-order chi connectivity index (χ1) is 9.99. The van der Waals surface area contributed by atoms with Gasteiger partial charge in [0.05, 0.1) is 5.92 Å². The second-order valence-electron chi connectivity index (χ2n) is 6.26. The van der Waals surface area contributed by atoms with Crippen molar-refractivity contribution < 1.29 is 4.79 Å². The molecule has 0 saturated carbocycles. The predicted octanol–water partition coefficient (Wildman–Crippen LogP) is 1.19. The Labute approximate surface area is 127 Å². The molecule has 0 bridgehead atoms. The zero-order chi connectivity index (χ0) is 15.4. The number of nitrogens with zero attached hydrogens (tertiary/aromatic N) is 2. The summed E-state index contributed by atoms with van der Waals surface area (Å²) in [6.07, 6.45) is 0.740. The number of benzene rings is 1. The standard InChI is InChI=1S/C17H27N3O/c1-13-8-14(2)10-15(9-13)11-16(12-18)17(21)20-6-4-19(3)5-7-20/h8-10,16H,4-7,11-12,18H2,1-3H3. The zero-order valence-electron chi connectivity index (χ0n) is 13.4. The van der Waals surface area contributed by atoms with E-state index >= 15 is 0 Å². The van der Waals surface area contributed by atoms with E-state index < -0.39 is 0 Å². The van der Waals surface area contributed by atoms with Gasteiger partial charge >= 0.3 is 0 Å². The predicted molar refractivity (Wildman–Crippen MR) is 86.2 cm³/mol. The molecular weight excluding hydrogens is 262 g/mol. The van der Waals surface area contributed by atoms with Gasteiger partial charge in [-0.2, -0.15) is 0 Å². The van der Waals surface area contributed by atoms with E-state index in [1.54, 1.807) is 0 Å². The molecule has 0 aromatic heterocycles. The minimum Gasteiger partial charge on any atom is -0.340 e. The molecule has 1 aliphatic rings. The number of rotatable bonds is 4. The summed E-state index contributed by atoms with van der Waals surface area (Å²) in [5.41, 5.74) is 9.57. The topological polar surface area (TPSA) is 49.6 Å². The first-order valence-electron chi connectivity index (χ1n) is 7.74. The molecule has 1 heterocycles. The summed E-state index contributed by atoms with van der Waals surface area (Å²) in [6, 6.07) is 6.48. The van der Waals surface area contributed by atoms with Crippen LogP contribution in [0.15, 0.2) is 18.2 Å². The monoisotopic (exact) mass is 289 g/mol. The molecule has 2 rings (SSSR count). The molecular formula is C17H27N3O. The lowest BCUT2D eigenvalue weighted by Crippen LogP contribution is -2.50. The van der Waals surface area contributed by atoms with Crippen LogP contribution >= 0.6 is 0 Å². The third-order valence-corrected chi connectivity index (χ3v) is 4.21. The van der Waals surface area contributed by atoms with Crippen molar-refractivity contribution in [1.82, 2.24) is 9.80 Å². The van der Waals surface area contributed by atoms with Gasteiger partial charge in [-0.25, -0.2) is 0 Å². The van der Waals surface area contributed by atoms with Crippen molar-refractivity contribution in [3.8, 4) is 0 Å². The van der Waals surface area contributed by atoms with Crippen LogP contribution in [-0.2, 0) is 11.2 Å². The highest BCUT2D eigenvalue weighted by Crippen LogP contribution is 2.16. The van der Waals surface area contributed by atoms with Gasteiger partial charge in [-0.15, -0.1) is 0 Å². The lowest BCUT2D eigenvalue weighted by molar-refractivity contribution is -0.136. The number of likely N-dealkylation sites (N-methyl/N-ethyl adjacent to an activating group) is 1. The average Bonchev–Trinajstić information content (AvgIpc) is 2.44. The SMILES string of the molecule is Cc1cc(C)cc(CC(CN)C(=O)N2CCN(C)CC2)c1. The summed E-state index contributed by atoms with van der Waals surface area (Å²) < 4.78 is 0. The molecule has 2 N–H and O–H groups in total. The third-order valence-electron chi connectivity index (χ3n) is 4.21. The summed E-state index contributed by atoms with van der Waals surface area (Å²) in [6.45, 7) is 8.14. The molecule has 1 aliphatic heterocycles. The van der Waals surface area contributed by atoms with Gasteiger partial charge in [0.15, 0.2) is 0 Å². The van der Waals surface area contributed by atoms with Crippen LogP contribution in [0, 0.1) is 19.8 Å². The van der Waals surface area contributed by atoms with Crippen LogP contribution in [0.5, 0.6) is 0 Å². The van der Waals surface area contributed by atoms with E-state index in [1.165, 1.54) is 16.7 Å². The molecule has 0 radical (unpaired) electrons. The van der Waals surface area contributed by atoms with E-state index in [2.05, 4.69) is 44.0 Å². The maximum Gasteiger partial charge on any atom is 0.227 e. The van der Waals surface area contributed by atoms with Crippen LogP contribution in [-0.4, -0.2) is 55.5 Å². The summed E-state index contributed by atoms with van der Waals surface area (Å²) in [4.78, 5) is 16.9. The van der Waals surface area contributed by atoms with Gasteiger partial charge in [0.1, 0.15) is 0 Å². The first kappa shape index (κ1) is 16.0. The smallest absolute Gasteiger partial charge is 0.227 e. The minimum absolute atomic E-state index is 0.102. The molecule has 4 heteroatoms. The molecule has 116 valence electrons. The van der Waals surface area contributed by atoms with E-state index in [9.17, 15) is 4.79 Å². The fraction of sp³-hybridized carbons (Fsp3) is 0.588. The van der Waals surface area contributed by atoms with Gasteiger partial charge in [0.2, 0.25) is 5.91 Å². The Morgan fingerprint density at radius 3 is 2.24 bits per heavy atom. The molecule has 0 spiro atoms. The van der Waals surface area contributed by atoms with Gasteiger partial charge < -0.3 is 15.5 Å². The lowest BCUT2D eigenvalue weighted by atomic mass is 9.95. The van der Waals surface area contributed by atoms with E-state index in [0.29, 0.717) is 6.54 Å². The molecule has 1 amide bonds. The average molecular weight is 289 g/mol. The maximum atomic E-state index is 12.6. The van der Waals surface area contributed by atoms with Gasteiger partial charge in [-0.3, -0.25) is 4.79 Å². The van der Waals surface area contributed by atoms with Crippen molar-refractivity contribution in [2.75, 3.05) is 39.8 Å². The first-order valence-corrected chi connectivity index (χ1v) is 7.74. The van der Waals surface area contributed by atoms with Crippen LogP contribution in [0.4, 0.5) is 0 Å². The van der Waals surface area contributed by atoms with Crippen molar-refractivity contribution in [3.05, 3.63) is 34.9 Å². The normalized spacial score (nSPS) is 17.8. The number of nitrogens with two attached hydrogens (primary N) is 1. The number of carbonyl (C=O) groups is 1. The summed E-state index contributed by atoms with van der Waals surface area (Å²) >= 11 is 0. The molecule has 1 unspecified atom stereocenters. The summed E-state index contributed by atoms with van der Waals surface area (Å²) in [7, 11) is 2.09. The van der Waals surface area contributed by atoms with Crippen LogP contribution in [0.3, 0.4) is 0 Å². The molecule has 1 aromatic carbocycles. The van der Waals surface area contributed by atoms with Crippen molar-refractivity contribution in [3.63, 3.8) is 0 Å². The van der Waals surface area contributed by atoms with Crippen molar-refractivity contribution in [2.24, 2.45) is 11.7 Å². The Morgan fingerprint density at radius 2 is 1.71 bits per heavy atom. The highest BCUT2D eigenvalue weighted by atomic mass is 16.2. The van der Waals surface area contributed by atoms with Gasteiger partial charge in [0.25, 0.3) is 0 Å². The Hall–Kier alpha value is -1.39. The molecule has 4 nitrogen and oxygen atoms in total. The molecule has 1 fully saturated rings. The Kier molecular flexibility index (Phi) is 5.37. The number of carbonyl (C=O) groups excluding carboxylic acids is 1. The van der Waals surface area contributed by atoms with Crippen LogP contribution in [0.1, 0.15) is 16.7 Å². The third kappa shape index (κ3) is 4.29. The van der Waals surface area contributed by atoms with Gasteiger partial charge in [-0.05, 0) is 32.9 Å². The number of hydrogen-bond donors (Lipinski definition) is 1. The second-order valence-corrected chi connectivity index (χ2v) is 6.26. The zero-order valence-corrected chi connectivity index (χ0v) is 13.4. The summed E-state index contributed by atoms with van der Waals surface area (Å²) in [5.74, 6) is 0.111. The van der Waals surface area contributed by atoms with E-state index in [0.717, 1.165) is 32.6 Å². The largest absolute Gasteiger partial charge is 0.340 e. The van der Waals surface area contributed by atoms with E-state index in [4.69, 9.17) is 5.73 Å². The van der Waals surface area contributed by atoms with Crippen LogP contribution in [0.25, 0.3) is 0 Å². The molecule has 0 aliphatic carbocycles. The Balaban J connectivity index is 2.03. The number of aryl methyl sites for hydroxylation is 2. The van der Waals surface area contributed by atoms with E-state index in [1.807, 2.05) is 4.90 Å². The van der Waals surface area contributed by atoms with Gasteiger partial charge in [0, 0.05) is 32.7 Å². The van der Waals surface area contributed by atoms with Crippen molar-refractivity contribution in [1.29, 1.82) is 0 Å². The quantitative estimate of drug-likeness (QED) is 0.906. The van der Waals surface area contributed by atoms with Crippen molar-refractivity contribution in [2.45, 2.75) is 20.3 Å². The maximum absolute atomic E-state index is 12.6. The highest BCUT2D eigenvalue weighted by Gasteiger charge is 2.25.